The molecular weight excluding hydrogens is 448 g/mol. The molecule has 0 spiro atoms. The van der Waals surface area contributed by atoms with Gasteiger partial charge in [-0.25, -0.2) is 0 Å². The molecule has 1 aromatic heterocycles. The van der Waals surface area contributed by atoms with E-state index in [2.05, 4.69) is 6.07 Å². The Morgan fingerprint density at radius 1 is 1.00 bits per heavy atom. The lowest BCUT2D eigenvalue weighted by atomic mass is 10.1. The second-order valence-corrected chi connectivity index (χ2v) is 9.05. The first kappa shape index (κ1) is 22.3. The van der Waals surface area contributed by atoms with Gasteiger partial charge in [-0.15, -0.1) is 0 Å². The number of nitrogens with zero attached hydrogens (tertiary/aromatic N) is 2. The fourth-order valence-corrected chi connectivity index (χ4v) is 4.57. The van der Waals surface area contributed by atoms with Crippen LogP contribution in [0.1, 0.15) is 29.5 Å². The average molecular weight is 473 g/mol. The fraction of sp³-hybridized carbons (Fsp3) is 0.250. The molecular formula is C28H25ClN2O3. The molecule has 2 heterocycles. The van der Waals surface area contributed by atoms with Gasteiger partial charge in [-0.2, -0.15) is 5.26 Å². The lowest BCUT2D eigenvalue weighted by Crippen LogP contribution is -2.32. The van der Waals surface area contributed by atoms with Gasteiger partial charge in [0.1, 0.15) is 48.3 Å². The van der Waals surface area contributed by atoms with E-state index >= 15 is 0 Å². The van der Waals surface area contributed by atoms with Crippen molar-refractivity contribution in [3.8, 4) is 17.6 Å². The van der Waals surface area contributed by atoms with Gasteiger partial charge in [-0.3, -0.25) is 0 Å². The van der Waals surface area contributed by atoms with Crippen molar-refractivity contribution < 1.29 is 14.2 Å². The Labute approximate surface area is 204 Å². The summed E-state index contributed by atoms with van der Waals surface area (Å²) in [6.07, 6.45) is -0.384. The van der Waals surface area contributed by atoms with Crippen LogP contribution >= 0.6 is 11.6 Å². The number of halogens is 1. The largest absolute Gasteiger partial charge is 0.491 e. The summed E-state index contributed by atoms with van der Waals surface area (Å²) in [5.41, 5.74) is 3.71. The number of hydrogen-bond donors (Lipinski definition) is 0. The molecule has 1 fully saturated rings. The molecule has 1 aliphatic heterocycles. The number of rotatable bonds is 6. The maximum Gasteiger partial charge on any atom is 0.139 e. The Morgan fingerprint density at radius 3 is 2.35 bits per heavy atom. The van der Waals surface area contributed by atoms with Crippen molar-refractivity contribution in [2.75, 3.05) is 6.61 Å². The molecule has 0 saturated carbocycles. The normalized spacial score (nSPS) is 19.8. The topological polar surface area (TPSA) is 56.4 Å². The molecule has 6 heteroatoms. The Hall–Kier alpha value is -3.46. The monoisotopic (exact) mass is 472 g/mol. The van der Waals surface area contributed by atoms with Gasteiger partial charge in [0.05, 0.1) is 5.52 Å². The van der Waals surface area contributed by atoms with Crippen LogP contribution in [0, 0.1) is 25.2 Å². The molecule has 0 bridgehead atoms. The summed E-state index contributed by atoms with van der Waals surface area (Å²) in [6, 6.07) is 25.7. The van der Waals surface area contributed by atoms with Crippen LogP contribution in [0.3, 0.4) is 0 Å². The quantitative estimate of drug-likeness (QED) is 0.317. The molecule has 34 heavy (non-hydrogen) atoms. The van der Waals surface area contributed by atoms with Crippen LogP contribution in [0.25, 0.3) is 10.9 Å². The number of ether oxygens (including phenoxy) is 3. The zero-order valence-electron chi connectivity index (χ0n) is 19.1. The minimum atomic E-state index is -0.382. The van der Waals surface area contributed by atoms with Gasteiger partial charge in [0.15, 0.2) is 0 Å². The van der Waals surface area contributed by atoms with E-state index in [-0.39, 0.29) is 18.4 Å². The van der Waals surface area contributed by atoms with Gasteiger partial charge in [-0.05, 0) is 56.3 Å². The van der Waals surface area contributed by atoms with Crippen molar-refractivity contribution in [3.63, 3.8) is 0 Å². The highest BCUT2D eigenvalue weighted by atomic mass is 35.5. The minimum absolute atomic E-state index is 0.249. The molecule has 1 aliphatic rings. The van der Waals surface area contributed by atoms with E-state index in [0.29, 0.717) is 23.7 Å². The van der Waals surface area contributed by atoms with Crippen molar-refractivity contribution in [3.05, 3.63) is 94.6 Å². The van der Waals surface area contributed by atoms with Gasteiger partial charge >= 0.3 is 0 Å². The fourth-order valence-electron chi connectivity index (χ4n) is 4.35. The lowest BCUT2D eigenvalue weighted by molar-refractivity contribution is -0.0340. The smallest absolute Gasteiger partial charge is 0.139 e. The highest BCUT2D eigenvalue weighted by Crippen LogP contribution is 2.37. The molecule has 0 radical (unpaired) electrons. The number of hydrogen-bond acceptors (Lipinski definition) is 4. The molecule has 3 atom stereocenters. The number of aryl methyl sites for hydroxylation is 2. The summed E-state index contributed by atoms with van der Waals surface area (Å²) in [5.74, 6) is 1.56. The molecule has 3 aromatic carbocycles. The molecule has 4 aromatic rings. The number of fused-ring (bicyclic) bond motifs is 1. The predicted molar refractivity (Wildman–Crippen MR) is 132 cm³/mol. The molecule has 5 nitrogen and oxygen atoms in total. The van der Waals surface area contributed by atoms with Crippen LogP contribution in [0.4, 0.5) is 0 Å². The van der Waals surface area contributed by atoms with Crippen molar-refractivity contribution in [1.29, 1.82) is 5.26 Å². The maximum absolute atomic E-state index is 9.81. The minimum Gasteiger partial charge on any atom is -0.491 e. The van der Waals surface area contributed by atoms with E-state index in [0.717, 1.165) is 22.4 Å². The van der Waals surface area contributed by atoms with Crippen LogP contribution in [0.5, 0.6) is 11.5 Å². The zero-order chi connectivity index (χ0) is 23.7. The second kappa shape index (κ2) is 9.42. The third-order valence-corrected chi connectivity index (χ3v) is 6.49. The third kappa shape index (κ3) is 4.48. The molecule has 1 saturated heterocycles. The van der Waals surface area contributed by atoms with E-state index in [1.165, 1.54) is 11.1 Å². The molecule has 0 amide bonds. The summed E-state index contributed by atoms with van der Waals surface area (Å²) in [7, 11) is 0. The SMILES string of the molecule is Cc1ccc(OC[C@H]2O[C@@H](n3c(C#N)cc4c(Cl)cccc43)C[C@@H]2Oc2ccc(C)cc2)cc1. The number of nitriles is 1. The highest BCUT2D eigenvalue weighted by molar-refractivity contribution is 6.35. The highest BCUT2D eigenvalue weighted by Gasteiger charge is 2.39. The Bertz CT molecular complexity index is 1340. The Morgan fingerprint density at radius 2 is 1.68 bits per heavy atom. The molecule has 0 N–H and O–H groups in total. The first-order valence-corrected chi connectivity index (χ1v) is 11.7. The van der Waals surface area contributed by atoms with E-state index in [1.807, 2.05) is 91.2 Å². The summed E-state index contributed by atoms with van der Waals surface area (Å²) < 4.78 is 20.8. The predicted octanol–water partition coefficient (Wildman–Crippen LogP) is 6.60. The molecule has 0 aliphatic carbocycles. The van der Waals surface area contributed by atoms with Gasteiger partial charge in [0.2, 0.25) is 0 Å². The van der Waals surface area contributed by atoms with Crippen LogP contribution < -0.4 is 9.47 Å². The van der Waals surface area contributed by atoms with Crippen molar-refractivity contribution in [2.45, 2.75) is 38.7 Å². The van der Waals surface area contributed by atoms with Crippen LogP contribution in [0.15, 0.2) is 72.8 Å². The first-order chi connectivity index (χ1) is 16.5. The van der Waals surface area contributed by atoms with Crippen molar-refractivity contribution >= 4 is 22.5 Å². The van der Waals surface area contributed by atoms with Gasteiger partial charge in [-0.1, -0.05) is 53.1 Å². The van der Waals surface area contributed by atoms with E-state index < -0.39 is 0 Å². The van der Waals surface area contributed by atoms with Gasteiger partial charge in [0.25, 0.3) is 0 Å². The van der Waals surface area contributed by atoms with Crippen LogP contribution in [0.2, 0.25) is 5.02 Å². The van der Waals surface area contributed by atoms with E-state index in [9.17, 15) is 5.26 Å². The van der Waals surface area contributed by atoms with Gasteiger partial charge < -0.3 is 18.8 Å². The summed E-state index contributed by atoms with van der Waals surface area (Å²) in [6.45, 7) is 4.42. The summed E-state index contributed by atoms with van der Waals surface area (Å²) in [4.78, 5) is 0. The standard InChI is InChI=1S/C28H25ClN2O3/c1-18-6-10-21(11-7-18)32-17-27-26(33-22-12-8-19(2)9-13-22)15-28(34-27)31-20(16-30)14-23-24(29)4-3-5-25(23)31/h3-14,26-28H,15,17H2,1-2H3/t26-,27+,28+/m0/s1. The summed E-state index contributed by atoms with van der Waals surface area (Å²) >= 11 is 6.40. The maximum atomic E-state index is 9.81. The first-order valence-electron chi connectivity index (χ1n) is 11.3. The zero-order valence-corrected chi connectivity index (χ0v) is 19.8. The van der Waals surface area contributed by atoms with Crippen LogP contribution in [-0.2, 0) is 4.74 Å². The number of benzene rings is 3. The lowest BCUT2D eigenvalue weighted by Gasteiger charge is -2.20. The van der Waals surface area contributed by atoms with E-state index in [4.69, 9.17) is 25.8 Å². The molecule has 172 valence electrons. The third-order valence-electron chi connectivity index (χ3n) is 6.16. The second-order valence-electron chi connectivity index (χ2n) is 8.64. The molecule has 5 rings (SSSR count). The Kier molecular flexibility index (Phi) is 6.19. The molecule has 0 unspecified atom stereocenters. The number of aromatic nitrogens is 1. The van der Waals surface area contributed by atoms with E-state index in [1.54, 1.807) is 0 Å². The van der Waals surface area contributed by atoms with Crippen LogP contribution in [-0.4, -0.2) is 23.4 Å². The Balaban J connectivity index is 1.44. The average Bonchev–Trinajstić information content (AvgIpc) is 3.41. The van der Waals surface area contributed by atoms with Crippen molar-refractivity contribution in [1.82, 2.24) is 4.57 Å². The van der Waals surface area contributed by atoms with Crippen molar-refractivity contribution in [2.24, 2.45) is 0 Å². The summed E-state index contributed by atoms with van der Waals surface area (Å²) in [5, 5.41) is 11.3. The van der Waals surface area contributed by atoms with Gasteiger partial charge in [0, 0.05) is 16.8 Å².